The Kier molecular flexibility index (Phi) is 8.71. The van der Waals surface area contributed by atoms with E-state index in [0.29, 0.717) is 39.8 Å². The summed E-state index contributed by atoms with van der Waals surface area (Å²) in [4.78, 5) is 40.3. The average molecular weight is 598 g/mol. The van der Waals surface area contributed by atoms with E-state index in [0.717, 1.165) is 16.7 Å². The molecule has 2 N–H and O–H groups in total. The second-order valence-corrected chi connectivity index (χ2v) is 12.8. The summed E-state index contributed by atoms with van der Waals surface area (Å²) in [5, 5.41) is 6.34. The molecule has 0 saturated carbocycles. The highest BCUT2D eigenvalue weighted by Gasteiger charge is 2.32. The Morgan fingerprint density at radius 3 is 1.93 bits per heavy atom. The minimum absolute atomic E-state index is 0.00865. The highest BCUT2D eigenvalue weighted by Crippen LogP contribution is 2.39. The number of hydrogen-bond donors (Lipinski definition) is 2. The van der Waals surface area contributed by atoms with E-state index >= 15 is 0 Å². The topological polar surface area (TPSA) is 78.5 Å². The standard InChI is InChI=1S/C34H32ClN3O3S/c1-34(2,3)26-15-13-24(14-16-26)32(41)37-29-6-4-5-28(19-29)36-31(40)23-9-11-25(12-10-23)33-38(30(39)21-42-33)20-22-7-17-27(35)18-8-22/h4-19,33H,20-21H2,1-3H3,(H,36,40)(H,37,41)/t33-/m1/s1. The quantitative estimate of drug-likeness (QED) is 0.227. The summed E-state index contributed by atoms with van der Waals surface area (Å²) in [6.07, 6.45) is 0. The molecule has 3 amide bonds. The van der Waals surface area contributed by atoms with Crippen LogP contribution in [0.4, 0.5) is 11.4 Å². The number of benzene rings is 4. The van der Waals surface area contributed by atoms with E-state index in [1.54, 1.807) is 48.2 Å². The van der Waals surface area contributed by atoms with Crippen molar-refractivity contribution in [3.05, 3.63) is 130 Å². The SMILES string of the molecule is CC(C)(C)c1ccc(C(=O)Nc2cccc(NC(=O)c3ccc([C@H]4SCC(=O)N4Cc4ccc(Cl)cc4)cc3)c2)cc1. The summed E-state index contributed by atoms with van der Waals surface area (Å²) in [7, 11) is 0. The van der Waals surface area contributed by atoms with Crippen LogP contribution in [-0.2, 0) is 16.8 Å². The van der Waals surface area contributed by atoms with Crippen molar-refractivity contribution < 1.29 is 14.4 Å². The van der Waals surface area contributed by atoms with Crippen LogP contribution in [0, 0.1) is 0 Å². The van der Waals surface area contributed by atoms with E-state index in [9.17, 15) is 14.4 Å². The van der Waals surface area contributed by atoms with Crippen LogP contribution >= 0.6 is 23.4 Å². The van der Waals surface area contributed by atoms with Crippen molar-refractivity contribution in [3.63, 3.8) is 0 Å². The number of halogens is 1. The van der Waals surface area contributed by atoms with Gasteiger partial charge in [-0.05, 0) is 76.7 Å². The molecule has 1 aliphatic rings. The molecule has 0 aliphatic carbocycles. The van der Waals surface area contributed by atoms with Gasteiger partial charge >= 0.3 is 0 Å². The number of nitrogens with zero attached hydrogens (tertiary/aromatic N) is 1. The molecule has 8 heteroatoms. The second-order valence-electron chi connectivity index (χ2n) is 11.2. The first-order chi connectivity index (χ1) is 20.1. The molecule has 4 aromatic carbocycles. The van der Waals surface area contributed by atoms with Crippen LogP contribution in [0.2, 0.25) is 5.02 Å². The lowest BCUT2D eigenvalue weighted by Crippen LogP contribution is -2.27. The van der Waals surface area contributed by atoms with Gasteiger partial charge in [-0.15, -0.1) is 11.8 Å². The number of amides is 3. The second kappa shape index (κ2) is 12.4. The molecule has 0 radical (unpaired) electrons. The smallest absolute Gasteiger partial charge is 0.255 e. The predicted molar refractivity (Wildman–Crippen MR) is 171 cm³/mol. The van der Waals surface area contributed by atoms with E-state index in [1.165, 1.54) is 0 Å². The van der Waals surface area contributed by atoms with Crippen LogP contribution in [0.25, 0.3) is 0 Å². The molecular weight excluding hydrogens is 566 g/mol. The van der Waals surface area contributed by atoms with Gasteiger partial charge < -0.3 is 15.5 Å². The number of carbonyl (C=O) groups excluding carboxylic acids is 3. The molecule has 0 spiro atoms. The highest BCUT2D eigenvalue weighted by molar-refractivity contribution is 8.00. The van der Waals surface area contributed by atoms with Gasteiger partial charge in [-0.1, -0.05) is 74.8 Å². The van der Waals surface area contributed by atoms with Crippen LogP contribution in [0.5, 0.6) is 0 Å². The third kappa shape index (κ3) is 7.04. The minimum Gasteiger partial charge on any atom is -0.322 e. The Hall–Kier alpha value is -4.07. The maximum Gasteiger partial charge on any atom is 0.255 e. The van der Waals surface area contributed by atoms with E-state index in [1.807, 2.05) is 65.6 Å². The lowest BCUT2D eigenvalue weighted by molar-refractivity contribution is -0.128. The van der Waals surface area contributed by atoms with Gasteiger partial charge in [-0.3, -0.25) is 14.4 Å². The van der Waals surface area contributed by atoms with Crippen LogP contribution in [0.15, 0.2) is 97.1 Å². The van der Waals surface area contributed by atoms with Crippen LogP contribution in [-0.4, -0.2) is 28.4 Å². The van der Waals surface area contributed by atoms with Crippen molar-refractivity contribution in [1.82, 2.24) is 4.90 Å². The maximum absolute atomic E-state index is 13.0. The average Bonchev–Trinajstić information content (AvgIpc) is 3.33. The van der Waals surface area contributed by atoms with Gasteiger partial charge in [0.05, 0.1) is 5.75 Å². The molecule has 1 saturated heterocycles. The lowest BCUT2D eigenvalue weighted by Gasteiger charge is -2.24. The van der Waals surface area contributed by atoms with Gasteiger partial charge in [-0.25, -0.2) is 0 Å². The highest BCUT2D eigenvalue weighted by atomic mass is 35.5. The van der Waals surface area contributed by atoms with Gasteiger partial charge in [-0.2, -0.15) is 0 Å². The Morgan fingerprint density at radius 1 is 0.833 bits per heavy atom. The normalized spacial score (nSPS) is 15.0. The fourth-order valence-corrected chi connectivity index (χ4v) is 6.00. The molecule has 1 aliphatic heterocycles. The number of thioether (sulfide) groups is 1. The van der Waals surface area contributed by atoms with Gasteiger partial charge in [0, 0.05) is 34.1 Å². The summed E-state index contributed by atoms with van der Waals surface area (Å²) in [5.74, 6) is 0.00446. The summed E-state index contributed by atoms with van der Waals surface area (Å²) >= 11 is 7.58. The molecule has 0 unspecified atom stereocenters. The number of rotatable bonds is 7. The Bertz CT molecular complexity index is 1600. The largest absolute Gasteiger partial charge is 0.322 e. The molecule has 1 fully saturated rings. The molecule has 0 aromatic heterocycles. The molecular formula is C34H32ClN3O3S. The van der Waals surface area contributed by atoms with Crippen LogP contribution in [0.3, 0.4) is 0 Å². The number of anilines is 2. The fraction of sp³-hybridized carbons (Fsp3) is 0.206. The zero-order valence-corrected chi connectivity index (χ0v) is 25.3. The molecule has 1 heterocycles. The monoisotopic (exact) mass is 597 g/mol. The number of nitrogens with one attached hydrogen (secondary N) is 2. The Morgan fingerprint density at radius 2 is 1.38 bits per heavy atom. The van der Waals surface area contributed by atoms with Gasteiger partial charge in [0.1, 0.15) is 5.37 Å². The maximum atomic E-state index is 13.0. The summed E-state index contributed by atoms with van der Waals surface area (Å²) in [6.45, 7) is 6.88. The minimum atomic E-state index is -0.268. The zero-order chi connectivity index (χ0) is 29.9. The molecule has 42 heavy (non-hydrogen) atoms. The van der Waals surface area contributed by atoms with Crippen LogP contribution < -0.4 is 10.6 Å². The first-order valence-corrected chi connectivity index (χ1v) is 15.1. The summed E-state index contributed by atoms with van der Waals surface area (Å²) in [5.41, 5.74) is 5.33. The van der Waals surface area contributed by atoms with E-state index in [-0.39, 0.29) is 28.5 Å². The molecule has 5 rings (SSSR count). The predicted octanol–water partition coefficient (Wildman–Crippen LogP) is 7.92. The Balaban J connectivity index is 1.21. The van der Waals surface area contributed by atoms with Crippen molar-refractivity contribution in [2.45, 2.75) is 38.1 Å². The number of carbonyl (C=O) groups is 3. The Labute approximate surface area is 255 Å². The first kappa shape index (κ1) is 29.4. The number of hydrogen-bond acceptors (Lipinski definition) is 4. The van der Waals surface area contributed by atoms with E-state index in [2.05, 4.69) is 31.4 Å². The molecule has 4 aromatic rings. The molecule has 214 valence electrons. The first-order valence-electron chi connectivity index (χ1n) is 13.7. The molecule has 6 nitrogen and oxygen atoms in total. The van der Waals surface area contributed by atoms with E-state index < -0.39 is 0 Å². The van der Waals surface area contributed by atoms with Crippen molar-refractivity contribution in [1.29, 1.82) is 0 Å². The van der Waals surface area contributed by atoms with E-state index in [4.69, 9.17) is 11.6 Å². The third-order valence-corrected chi connectivity index (χ3v) is 8.59. The van der Waals surface area contributed by atoms with Crippen LogP contribution in [0.1, 0.15) is 63.6 Å². The molecule has 0 bridgehead atoms. The third-order valence-electron chi connectivity index (χ3n) is 7.08. The zero-order valence-electron chi connectivity index (χ0n) is 23.7. The van der Waals surface area contributed by atoms with Crippen molar-refractivity contribution in [2.24, 2.45) is 0 Å². The van der Waals surface area contributed by atoms with Gasteiger partial charge in [0.2, 0.25) is 5.91 Å². The summed E-state index contributed by atoms with van der Waals surface area (Å²) in [6, 6.07) is 29.4. The van der Waals surface area contributed by atoms with Gasteiger partial charge in [0.25, 0.3) is 11.8 Å². The summed E-state index contributed by atoms with van der Waals surface area (Å²) < 4.78 is 0. The lowest BCUT2D eigenvalue weighted by atomic mass is 9.87. The molecule has 1 atom stereocenters. The van der Waals surface area contributed by atoms with Crippen molar-refractivity contribution in [3.8, 4) is 0 Å². The van der Waals surface area contributed by atoms with Crippen molar-refractivity contribution >= 4 is 52.5 Å². The van der Waals surface area contributed by atoms with Crippen molar-refractivity contribution in [2.75, 3.05) is 16.4 Å². The fourth-order valence-electron chi connectivity index (χ4n) is 4.69. The van der Waals surface area contributed by atoms with Gasteiger partial charge in [0.15, 0.2) is 0 Å².